The third-order valence-corrected chi connectivity index (χ3v) is 8.78. The van der Waals surface area contributed by atoms with Gasteiger partial charge in [0, 0.05) is 47.2 Å². The van der Waals surface area contributed by atoms with Gasteiger partial charge < -0.3 is 19.7 Å². The summed E-state index contributed by atoms with van der Waals surface area (Å²) in [5, 5.41) is 7.62. The second-order valence-corrected chi connectivity index (χ2v) is 11.3. The summed E-state index contributed by atoms with van der Waals surface area (Å²) in [5.41, 5.74) is 1.19. The SMILES string of the molecule is CCOC(=O)C1=C(C2CCN(c3nc(C(=O)OCC)cs3)CC2)NC(c2nccs2)=NC1c1ccc(F)c(F)c1Cl. The van der Waals surface area contributed by atoms with E-state index in [1.165, 1.54) is 28.7 Å². The number of halogens is 3. The molecule has 1 N–H and O–H groups in total. The van der Waals surface area contributed by atoms with Gasteiger partial charge in [-0.25, -0.2) is 28.3 Å². The number of aromatic nitrogens is 2. The van der Waals surface area contributed by atoms with Crippen LogP contribution in [-0.2, 0) is 14.3 Å². The van der Waals surface area contributed by atoms with Crippen LogP contribution in [0.5, 0.6) is 0 Å². The fourth-order valence-electron chi connectivity index (χ4n) is 4.81. The number of hydrogen-bond donors (Lipinski definition) is 1. The molecular weight excluding hydrogens is 596 g/mol. The van der Waals surface area contributed by atoms with Crippen molar-refractivity contribution in [1.82, 2.24) is 15.3 Å². The van der Waals surface area contributed by atoms with Crippen molar-refractivity contribution in [1.29, 1.82) is 0 Å². The molecule has 2 aromatic heterocycles. The maximum absolute atomic E-state index is 14.6. The average molecular weight is 622 g/mol. The zero-order valence-electron chi connectivity index (χ0n) is 22.2. The topological polar surface area (TPSA) is 106 Å². The third kappa shape index (κ3) is 5.97. The molecule has 0 amide bonds. The Labute approximate surface area is 247 Å². The predicted octanol–water partition coefficient (Wildman–Crippen LogP) is 5.53. The molecule has 1 saturated heterocycles. The van der Waals surface area contributed by atoms with Crippen LogP contribution in [0.15, 0.2) is 45.4 Å². The van der Waals surface area contributed by atoms with Crippen molar-refractivity contribution in [3.8, 4) is 0 Å². The number of hydrogen-bond acceptors (Lipinski definition) is 11. The summed E-state index contributed by atoms with van der Waals surface area (Å²) in [5.74, 6) is -3.13. The van der Waals surface area contributed by atoms with Gasteiger partial charge in [0.2, 0.25) is 0 Å². The van der Waals surface area contributed by atoms with E-state index in [1.54, 1.807) is 30.8 Å². The second-order valence-electron chi connectivity index (χ2n) is 9.15. The summed E-state index contributed by atoms with van der Waals surface area (Å²) in [6.07, 6.45) is 2.89. The molecule has 1 fully saturated rings. The Morgan fingerprint density at radius 3 is 2.54 bits per heavy atom. The highest BCUT2D eigenvalue weighted by Crippen LogP contribution is 2.41. The first-order valence-electron chi connectivity index (χ1n) is 13.0. The van der Waals surface area contributed by atoms with Crippen molar-refractivity contribution in [2.24, 2.45) is 10.9 Å². The van der Waals surface area contributed by atoms with Crippen molar-refractivity contribution in [2.45, 2.75) is 32.7 Å². The summed E-state index contributed by atoms with van der Waals surface area (Å²) in [6.45, 7) is 5.01. The first-order chi connectivity index (χ1) is 19.8. The minimum atomic E-state index is -1.21. The summed E-state index contributed by atoms with van der Waals surface area (Å²) < 4.78 is 39.0. The van der Waals surface area contributed by atoms with E-state index in [0.717, 1.165) is 6.07 Å². The third-order valence-electron chi connectivity index (χ3n) is 6.72. The number of ether oxygens (including phenoxy) is 2. The van der Waals surface area contributed by atoms with Crippen molar-refractivity contribution in [3.05, 3.63) is 73.3 Å². The van der Waals surface area contributed by atoms with Crippen LogP contribution in [0.1, 0.15) is 53.8 Å². The van der Waals surface area contributed by atoms with Gasteiger partial charge in [0.25, 0.3) is 0 Å². The van der Waals surface area contributed by atoms with Crippen LogP contribution in [0.2, 0.25) is 5.02 Å². The van der Waals surface area contributed by atoms with Gasteiger partial charge in [-0.15, -0.1) is 22.7 Å². The molecule has 9 nitrogen and oxygen atoms in total. The Morgan fingerprint density at radius 1 is 1.12 bits per heavy atom. The normalized spacial score (nSPS) is 17.7. The van der Waals surface area contributed by atoms with E-state index in [2.05, 4.69) is 20.2 Å². The highest BCUT2D eigenvalue weighted by Gasteiger charge is 2.38. The quantitative estimate of drug-likeness (QED) is 0.258. The lowest BCUT2D eigenvalue weighted by atomic mass is 9.85. The van der Waals surface area contributed by atoms with Crippen LogP contribution in [0.4, 0.5) is 13.9 Å². The lowest BCUT2D eigenvalue weighted by Crippen LogP contribution is -2.41. The predicted molar refractivity (Wildman–Crippen MR) is 153 cm³/mol. The number of aliphatic imine (C=N–C) groups is 1. The molecule has 0 aliphatic carbocycles. The van der Waals surface area contributed by atoms with E-state index in [-0.39, 0.29) is 36.0 Å². The highest BCUT2D eigenvalue weighted by atomic mass is 35.5. The van der Waals surface area contributed by atoms with Gasteiger partial charge in [0.05, 0.1) is 23.8 Å². The van der Waals surface area contributed by atoms with Crippen molar-refractivity contribution < 1.29 is 27.8 Å². The number of allylic oxidation sites excluding steroid dienone is 1. The van der Waals surface area contributed by atoms with Crippen LogP contribution in [-0.4, -0.2) is 54.0 Å². The monoisotopic (exact) mass is 621 g/mol. The van der Waals surface area contributed by atoms with Crippen molar-refractivity contribution >= 4 is 57.2 Å². The molecule has 0 saturated carbocycles. The zero-order chi connectivity index (χ0) is 29.1. The second kappa shape index (κ2) is 12.6. The minimum absolute atomic E-state index is 0.113. The number of thiazole rings is 2. The number of esters is 2. The first kappa shape index (κ1) is 29.1. The summed E-state index contributed by atoms with van der Waals surface area (Å²) in [4.78, 5) is 41.1. The van der Waals surface area contributed by atoms with E-state index in [4.69, 9.17) is 26.1 Å². The van der Waals surface area contributed by atoms with E-state index < -0.39 is 34.6 Å². The summed E-state index contributed by atoms with van der Waals surface area (Å²) >= 11 is 8.99. The van der Waals surface area contributed by atoms with E-state index in [9.17, 15) is 18.4 Å². The average Bonchev–Trinajstić information content (AvgIpc) is 3.69. The lowest BCUT2D eigenvalue weighted by Gasteiger charge is -2.36. The standard InChI is InChI=1S/C27H26ClF2N5O4S2/c1-3-38-25(36)17-13-41-27(32-17)35-10-7-14(8-11-35)21-18(26(37)39-4-2)22(15-5-6-16(29)20(30)19(15)28)34-23(33-21)24-31-9-12-40-24/h5-6,9,12-14,22H,3-4,7-8,10-11H2,1-2H3,(H,33,34). The number of piperidine rings is 1. The molecule has 0 radical (unpaired) electrons. The molecule has 2 aliphatic heterocycles. The number of carbonyl (C=O) groups is 2. The molecule has 4 heterocycles. The number of benzene rings is 1. The molecular formula is C27H26ClF2N5O4S2. The Kier molecular flexibility index (Phi) is 8.95. The van der Waals surface area contributed by atoms with Gasteiger partial charge in [-0.2, -0.15) is 0 Å². The number of carbonyl (C=O) groups excluding carboxylic acids is 2. The molecule has 1 aromatic carbocycles. The number of amidine groups is 1. The van der Waals surface area contributed by atoms with Gasteiger partial charge in [-0.05, 0) is 32.8 Å². The van der Waals surface area contributed by atoms with Crippen molar-refractivity contribution in [3.63, 3.8) is 0 Å². The fourth-order valence-corrected chi connectivity index (χ4v) is 6.51. The molecule has 3 aromatic rings. The van der Waals surface area contributed by atoms with Crippen LogP contribution >= 0.6 is 34.3 Å². The molecule has 1 atom stereocenters. The molecule has 2 aliphatic rings. The van der Waals surface area contributed by atoms with Gasteiger partial charge in [0.1, 0.15) is 6.04 Å². The molecule has 41 heavy (non-hydrogen) atoms. The molecule has 14 heteroatoms. The number of anilines is 1. The molecule has 0 spiro atoms. The maximum Gasteiger partial charge on any atom is 0.357 e. The minimum Gasteiger partial charge on any atom is -0.463 e. The van der Waals surface area contributed by atoms with Gasteiger partial charge in [0.15, 0.2) is 33.3 Å². The van der Waals surface area contributed by atoms with E-state index in [1.807, 2.05) is 0 Å². The Hall–Kier alpha value is -3.42. The van der Waals surface area contributed by atoms with Crippen LogP contribution in [0.3, 0.4) is 0 Å². The fraction of sp³-hybridized carbons (Fsp3) is 0.370. The number of nitrogens with zero attached hydrogens (tertiary/aromatic N) is 4. The number of nitrogens with one attached hydrogen (secondary N) is 1. The Bertz CT molecular complexity index is 1500. The van der Waals surface area contributed by atoms with Crippen LogP contribution in [0.25, 0.3) is 0 Å². The van der Waals surface area contributed by atoms with Crippen LogP contribution < -0.4 is 10.2 Å². The Morgan fingerprint density at radius 2 is 1.85 bits per heavy atom. The van der Waals surface area contributed by atoms with Crippen LogP contribution in [0, 0.1) is 17.6 Å². The first-order valence-corrected chi connectivity index (χ1v) is 15.1. The van der Waals surface area contributed by atoms with Gasteiger partial charge >= 0.3 is 11.9 Å². The Balaban J connectivity index is 1.50. The summed E-state index contributed by atoms with van der Waals surface area (Å²) in [7, 11) is 0. The zero-order valence-corrected chi connectivity index (χ0v) is 24.5. The lowest BCUT2D eigenvalue weighted by molar-refractivity contribution is -0.139. The molecule has 216 valence electrons. The van der Waals surface area contributed by atoms with E-state index in [0.29, 0.717) is 47.6 Å². The highest BCUT2D eigenvalue weighted by molar-refractivity contribution is 7.14. The maximum atomic E-state index is 14.6. The van der Waals surface area contributed by atoms with Gasteiger partial charge in [-0.1, -0.05) is 17.7 Å². The van der Waals surface area contributed by atoms with Crippen molar-refractivity contribution in [2.75, 3.05) is 31.2 Å². The van der Waals surface area contributed by atoms with Gasteiger partial charge in [-0.3, -0.25) is 4.99 Å². The smallest absolute Gasteiger partial charge is 0.357 e. The largest absolute Gasteiger partial charge is 0.463 e. The molecule has 5 rings (SSSR count). The summed E-state index contributed by atoms with van der Waals surface area (Å²) in [6, 6.07) is 1.26. The number of rotatable bonds is 8. The molecule has 1 unspecified atom stereocenters. The van der Waals surface area contributed by atoms with E-state index >= 15 is 0 Å². The molecule has 0 bridgehead atoms.